The molecule has 7 nitrogen and oxygen atoms in total. The van der Waals surface area contributed by atoms with Gasteiger partial charge in [0.1, 0.15) is 23.3 Å². The van der Waals surface area contributed by atoms with Gasteiger partial charge < -0.3 is 15.0 Å². The molecule has 1 aliphatic rings. The Kier molecular flexibility index (Phi) is 7.51. The van der Waals surface area contributed by atoms with Gasteiger partial charge in [-0.15, -0.1) is 0 Å². The molecule has 4 heterocycles. The minimum absolute atomic E-state index is 0.0129. The number of aromatic nitrogens is 4. The second-order valence-corrected chi connectivity index (χ2v) is 9.72. The third-order valence-electron chi connectivity index (χ3n) is 6.90. The van der Waals surface area contributed by atoms with E-state index in [-0.39, 0.29) is 35.5 Å². The fraction of sp³-hybridized carbons (Fsp3) is 0.393. The number of rotatable bonds is 9. The van der Waals surface area contributed by atoms with Crippen LogP contribution in [0.1, 0.15) is 61.1 Å². The lowest BCUT2D eigenvalue weighted by molar-refractivity contribution is -0.143. The number of alkyl halides is 3. The summed E-state index contributed by atoms with van der Waals surface area (Å²) < 4.78 is 49.5. The van der Waals surface area contributed by atoms with Gasteiger partial charge in [0.15, 0.2) is 0 Å². The van der Waals surface area contributed by atoms with E-state index in [0.29, 0.717) is 6.42 Å². The lowest BCUT2D eigenvalue weighted by Crippen LogP contribution is -2.18. The molecule has 0 saturated carbocycles. The summed E-state index contributed by atoms with van der Waals surface area (Å²) >= 11 is 0. The fourth-order valence-corrected chi connectivity index (χ4v) is 4.97. The molecular formula is C28H31F3N6O. The van der Waals surface area contributed by atoms with Gasteiger partial charge in [-0.1, -0.05) is 37.6 Å². The standard InChI is InChI=1S/C28H31F3N6O/c1-2-5-23(21-10-12-33-13-11-21)38-27-34-25(32)22-16-24(28(29,30)31)37(26(22)35-27)18-20-8-6-19(7-9-20)17-36-14-3-4-15-36/h6-13,16,23H,2-5,14-15,17-18H2,1H3,(H2,32,34,35). The second kappa shape index (κ2) is 11.0. The highest BCUT2D eigenvalue weighted by molar-refractivity contribution is 5.88. The lowest BCUT2D eigenvalue weighted by atomic mass is 10.1. The Hall–Kier alpha value is -3.66. The number of nitrogens with zero attached hydrogens (tertiary/aromatic N) is 5. The van der Waals surface area contributed by atoms with Crippen LogP contribution in [0.25, 0.3) is 11.0 Å². The van der Waals surface area contributed by atoms with Gasteiger partial charge in [0.2, 0.25) is 0 Å². The van der Waals surface area contributed by atoms with Crippen molar-refractivity contribution >= 4 is 16.9 Å². The van der Waals surface area contributed by atoms with Crippen LogP contribution in [0.2, 0.25) is 0 Å². The SMILES string of the molecule is CCCC(Oc1nc(N)c2cc(C(F)(F)F)n(Cc3ccc(CN4CCCC4)cc3)c2n1)c1ccncc1. The molecule has 38 heavy (non-hydrogen) atoms. The van der Waals surface area contributed by atoms with Gasteiger partial charge in [0.25, 0.3) is 0 Å². The van der Waals surface area contributed by atoms with Crippen molar-refractivity contribution in [3.05, 3.63) is 77.2 Å². The molecule has 0 bridgehead atoms. The predicted octanol–water partition coefficient (Wildman–Crippen LogP) is 5.99. The van der Waals surface area contributed by atoms with E-state index < -0.39 is 11.9 Å². The first-order valence-electron chi connectivity index (χ1n) is 12.9. The van der Waals surface area contributed by atoms with E-state index in [1.807, 2.05) is 43.3 Å². The molecule has 0 aliphatic carbocycles. The van der Waals surface area contributed by atoms with Crippen LogP contribution >= 0.6 is 0 Å². The Balaban J connectivity index is 1.48. The Morgan fingerprint density at radius 1 is 0.974 bits per heavy atom. The van der Waals surface area contributed by atoms with Crippen LogP contribution in [0.5, 0.6) is 6.01 Å². The molecule has 3 aromatic heterocycles. The van der Waals surface area contributed by atoms with E-state index in [2.05, 4.69) is 19.9 Å². The van der Waals surface area contributed by atoms with E-state index in [4.69, 9.17) is 10.5 Å². The summed E-state index contributed by atoms with van der Waals surface area (Å²) in [7, 11) is 0. The zero-order chi connectivity index (χ0) is 26.7. The normalized spacial score (nSPS) is 15.3. The molecule has 1 aromatic carbocycles. The monoisotopic (exact) mass is 524 g/mol. The van der Waals surface area contributed by atoms with Crippen LogP contribution in [0.3, 0.4) is 0 Å². The zero-order valence-electron chi connectivity index (χ0n) is 21.3. The van der Waals surface area contributed by atoms with Crippen LogP contribution in [0.15, 0.2) is 54.9 Å². The van der Waals surface area contributed by atoms with Crippen molar-refractivity contribution in [2.24, 2.45) is 0 Å². The molecule has 4 aromatic rings. The maximum atomic E-state index is 14.1. The molecule has 0 spiro atoms. The van der Waals surface area contributed by atoms with Crippen LogP contribution in [0.4, 0.5) is 19.0 Å². The molecule has 1 aliphatic heterocycles. The minimum Gasteiger partial charge on any atom is -0.455 e. The Bertz CT molecular complexity index is 1370. The topological polar surface area (TPSA) is 82.1 Å². The summed E-state index contributed by atoms with van der Waals surface area (Å²) in [6.07, 6.45) is 2.26. The first-order chi connectivity index (χ1) is 18.3. The molecule has 0 radical (unpaired) electrons. The number of anilines is 1. The third-order valence-corrected chi connectivity index (χ3v) is 6.90. The number of halogens is 3. The molecule has 1 fully saturated rings. The molecule has 1 saturated heterocycles. The Morgan fingerprint density at radius 2 is 1.63 bits per heavy atom. The number of ether oxygens (including phenoxy) is 1. The summed E-state index contributed by atoms with van der Waals surface area (Å²) in [5.74, 6) is -0.0554. The molecule has 1 unspecified atom stereocenters. The quantitative estimate of drug-likeness (QED) is 0.290. The van der Waals surface area contributed by atoms with Crippen molar-refractivity contribution in [3.8, 4) is 6.01 Å². The van der Waals surface area contributed by atoms with Crippen molar-refractivity contribution in [1.82, 2.24) is 24.4 Å². The number of nitrogens with two attached hydrogens (primary N) is 1. The van der Waals surface area contributed by atoms with Gasteiger partial charge in [-0.3, -0.25) is 9.88 Å². The van der Waals surface area contributed by atoms with Gasteiger partial charge in [0, 0.05) is 25.5 Å². The molecule has 1 atom stereocenters. The van der Waals surface area contributed by atoms with Crippen LogP contribution < -0.4 is 10.5 Å². The summed E-state index contributed by atoms with van der Waals surface area (Å²) in [6, 6.07) is 12.3. The third kappa shape index (κ3) is 5.75. The zero-order valence-corrected chi connectivity index (χ0v) is 21.3. The van der Waals surface area contributed by atoms with Crippen LogP contribution in [0, 0.1) is 0 Å². The highest BCUT2D eigenvalue weighted by atomic mass is 19.4. The number of hydrogen-bond acceptors (Lipinski definition) is 6. The molecular weight excluding hydrogens is 493 g/mol. The van der Waals surface area contributed by atoms with E-state index in [0.717, 1.165) is 53.4 Å². The lowest BCUT2D eigenvalue weighted by Gasteiger charge is -2.18. The van der Waals surface area contributed by atoms with Gasteiger partial charge in [-0.05, 0) is 67.2 Å². The average Bonchev–Trinajstić information content (AvgIpc) is 3.54. The number of nitrogen functional groups attached to an aromatic ring is 1. The molecule has 2 N–H and O–H groups in total. The Morgan fingerprint density at radius 3 is 2.26 bits per heavy atom. The number of pyridine rings is 1. The van der Waals surface area contributed by atoms with Gasteiger partial charge in [0.05, 0.1) is 5.39 Å². The summed E-state index contributed by atoms with van der Waals surface area (Å²) in [5.41, 5.74) is 8.15. The smallest absolute Gasteiger partial charge is 0.431 e. The van der Waals surface area contributed by atoms with Crippen LogP contribution in [-0.2, 0) is 19.3 Å². The van der Waals surface area contributed by atoms with Crippen molar-refractivity contribution in [1.29, 1.82) is 0 Å². The highest BCUT2D eigenvalue weighted by Gasteiger charge is 2.36. The largest absolute Gasteiger partial charge is 0.455 e. The maximum absolute atomic E-state index is 14.1. The van der Waals surface area contributed by atoms with Crippen LogP contribution in [-0.4, -0.2) is 37.5 Å². The van der Waals surface area contributed by atoms with E-state index >= 15 is 0 Å². The fourth-order valence-electron chi connectivity index (χ4n) is 4.97. The summed E-state index contributed by atoms with van der Waals surface area (Å²) in [4.78, 5) is 15.0. The Labute approximate surface area is 219 Å². The number of benzene rings is 1. The van der Waals surface area contributed by atoms with Gasteiger partial charge >= 0.3 is 12.2 Å². The van der Waals surface area contributed by atoms with E-state index in [1.165, 1.54) is 12.8 Å². The number of hydrogen-bond donors (Lipinski definition) is 1. The van der Waals surface area contributed by atoms with Crippen molar-refractivity contribution in [3.63, 3.8) is 0 Å². The number of likely N-dealkylation sites (tertiary alicyclic amines) is 1. The van der Waals surface area contributed by atoms with E-state index in [1.54, 1.807) is 12.4 Å². The number of fused-ring (bicyclic) bond motifs is 1. The average molecular weight is 525 g/mol. The first kappa shape index (κ1) is 26.0. The van der Waals surface area contributed by atoms with Crippen molar-refractivity contribution < 1.29 is 17.9 Å². The first-order valence-corrected chi connectivity index (χ1v) is 12.9. The van der Waals surface area contributed by atoms with Crippen molar-refractivity contribution in [2.75, 3.05) is 18.8 Å². The molecule has 200 valence electrons. The predicted molar refractivity (Wildman–Crippen MR) is 140 cm³/mol. The molecule has 0 amide bonds. The van der Waals surface area contributed by atoms with Crippen molar-refractivity contribution in [2.45, 2.75) is 58.0 Å². The maximum Gasteiger partial charge on any atom is 0.431 e. The van der Waals surface area contributed by atoms with E-state index in [9.17, 15) is 13.2 Å². The molecule has 5 rings (SSSR count). The summed E-state index contributed by atoms with van der Waals surface area (Å²) in [6.45, 7) is 5.02. The van der Waals surface area contributed by atoms with Gasteiger partial charge in [-0.25, -0.2) is 0 Å². The highest BCUT2D eigenvalue weighted by Crippen LogP contribution is 2.36. The summed E-state index contributed by atoms with van der Waals surface area (Å²) in [5, 5.41) is 0.145. The minimum atomic E-state index is -4.59. The molecule has 10 heteroatoms. The van der Waals surface area contributed by atoms with Gasteiger partial charge in [-0.2, -0.15) is 23.1 Å². The second-order valence-electron chi connectivity index (χ2n) is 9.72.